The molecule has 2 rings (SSSR count). The highest BCUT2D eigenvalue weighted by molar-refractivity contribution is 14.1. The molecular formula is C10H8FIO. The first-order chi connectivity index (χ1) is 6.16. The number of rotatable bonds is 0. The van der Waals surface area contributed by atoms with Gasteiger partial charge in [-0.15, -0.1) is 0 Å². The van der Waals surface area contributed by atoms with E-state index in [1.54, 1.807) is 0 Å². The van der Waals surface area contributed by atoms with E-state index in [1.807, 2.05) is 6.07 Å². The standard InChI is InChI=1S/C10H8FIO/c11-10-5-7(12)3-6-4-8(13)1-2-9(6)10/h3,5H,1-2,4H2. The number of fused-ring (bicyclic) bond motifs is 1. The van der Waals surface area contributed by atoms with E-state index in [1.165, 1.54) is 6.07 Å². The maximum Gasteiger partial charge on any atom is 0.137 e. The third-order valence-corrected chi connectivity index (χ3v) is 2.92. The van der Waals surface area contributed by atoms with Gasteiger partial charge in [0.1, 0.15) is 11.6 Å². The lowest BCUT2D eigenvalue weighted by molar-refractivity contribution is -0.118. The second kappa shape index (κ2) is 3.36. The van der Waals surface area contributed by atoms with Crippen molar-refractivity contribution in [3.05, 3.63) is 32.6 Å². The molecule has 0 radical (unpaired) electrons. The van der Waals surface area contributed by atoms with Crippen LogP contribution in [0.15, 0.2) is 12.1 Å². The van der Waals surface area contributed by atoms with Gasteiger partial charge in [0, 0.05) is 16.4 Å². The molecule has 1 aromatic carbocycles. The number of carbonyl (C=O) groups is 1. The monoisotopic (exact) mass is 290 g/mol. The van der Waals surface area contributed by atoms with E-state index in [9.17, 15) is 9.18 Å². The Hall–Kier alpha value is -0.450. The lowest BCUT2D eigenvalue weighted by Crippen LogP contribution is -2.14. The summed E-state index contributed by atoms with van der Waals surface area (Å²) in [5, 5.41) is 0. The molecule has 3 heteroatoms. The Bertz CT molecular complexity index is 373. The average molecular weight is 290 g/mol. The quantitative estimate of drug-likeness (QED) is 0.671. The molecular weight excluding hydrogens is 282 g/mol. The van der Waals surface area contributed by atoms with Crippen molar-refractivity contribution in [2.45, 2.75) is 19.3 Å². The predicted octanol–water partition coefficient (Wildman–Crippen LogP) is 2.49. The van der Waals surface area contributed by atoms with Crippen LogP contribution in [0.1, 0.15) is 17.5 Å². The Labute approximate surface area is 89.5 Å². The zero-order valence-electron chi connectivity index (χ0n) is 6.94. The second-order valence-corrected chi connectivity index (χ2v) is 4.49. The molecule has 0 heterocycles. The van der Waals surface area contributed by atoms with Gasteiger partial charge in [-0.25, -0.2) is 4.39 Å². The van der Waals surface area contributed by atoms with E-state index >= 15 is 0 Å². The summed E-state index contributed by atoms with van der Waals surface area (Å²) in [7, 11) is 0. The Morgan fingerprint density at radius 3 is 2.85 bits per heavy atom. The normalized spacial score (nSPS) is 15.7. The summed E-state index contributed by atoms with van der Waals surface area (Å²) in [4.78, 5) is 11.1. The molecule has 0 aliphatic heterocycles. The minimum atomic E-state index is -0.158. The van der Waals surface area contributed by atoms with Crippen LogP contribution in [0.3, 0.4) is 0 Å². The van der Waals surface area contributed by atoms with E-state index in [4.69, 9.17) is 0 Å². The van der Waals surface area contributed by atoms with Crippen molar-refractivity contribution in [1.29, 1.82) is 0 Å². The van der Waals surface area contributed by atoms with Crippen LogP contribution in [0.5, 0.6) is 0 Å². The number of benzene rings is 1. The molecule has 0 atom stereocenters. The summed E-state index contributed by atoms with van der Waals surface area (Å²) < 4.78 is 14.2. The van der Waals surface area contributed by atoms with Crippen molar-refractivity contribution < 1.29 is 9.18 Å². The highest BCUT2D eigenvalue weighted by atomic mass is 127. The van der Waals surface area contributed by atoms with Crippen LogP contribution in [-0.4, -0.2) is 5.78 Å². The number of carbonyl (C=O) groups excluding carboxylic acids is 1. The maximum absolute atomic E-state index is 13.3. The summed E-state index contributed by atoms with van der Waals surface area (Å²) in [6, 6.07) is 3.42. The molecule has 0 spiro atoms. The molecule has 0 amide bonds. The molecule has 0 fully saturated rings. The van der Waals surface area contributed by atoms with Crippen LogP contribution >= 0.6 is 22.6 Å². The van der Waals surface area contributed by atoms with Crippen LogP contribution in [0, 0.1) is 9.39 Å². The van der Waals surface area contributed by atoms with Crippen LogP contribution in [-0.2, 0) is 17.6 Å². The molecule has 0 aromatic heterocycles. The molecule has 1 aromatic rings. The average Bonchev–Trinajstić information content (AvgIpc) is 2.02. The molecule has 13 heavy (non-hydrogen) atoms. The highest BCUT2D eigenvalue weighted by Crippen LogP contribution is 2.24. The highest BCUT2D eigenvalue weighted by Gasteiger charge is 2.18. The van der Waals surface area contributed by atoms with Crippen LogP contribution < -0.4 is 0 Å². The third-order valence-electron chi connectivity index (χ3n) is 2.29. The topological polar surface area (TPSA) is 17.1 Å². The molecule has 0 bridgehead atoms. The van der Waals surface area contributed by atoms with Crippen molar-refractivity contribution in [2.24, 2.45) is 0 Å². The number of ketones is 1. The molecule has 1 nitrogen and oxygen atoms in total. The van der Waals surface area contributed by atoms with Gasteiger partial charge in [-0.2, -0.15) is 0 Å². The lowest BCUT2D eigenvalue weighted by Gasteiger charge is -2.15. The lowest BCUT2D eigenvalue weighted by atomic mass is 9.91. The van der Waals surface area contributed by atoms with Gasteiger partial charge in [-0.3, -0.25) is 4.79 Å². The Morgan fingerprint density at radius 1 is 1.31 bits per heavy atom. The summed E-state index contributed by atoms with van der Waals surface area (Å²) in [6.45, 7) is 0. The molecule has 0 saturated carbocycles. The first kappa shape index (κ1) is 9.12. The van der Waals surface area contributed by atoms with E-state index in [-0.39, 0.29) is 11.6 Å². The van der Waals surface area contributed by atoms with Crippen molar-refractivity contribution >= 4 is 28.4 Å². The smallest absolute Gasteiger partial charge is 0.137 e. The van der Waals surface area contributed by atoms with Gasteiger partial charge in [-0.1, -0.05) is 0 Å². The van der Waals surface area contributed by atoms with Gasteiger partial charge in [0.2, 0.25) is 0 Å². The van der Waals surface area contributed by atoms with Gasteiger partial charge in [-0.05, 0) is 52.3 Å². The summed E-state index contributed by atoms with van der Waals surface area (Å²) >= 11 is 2.07. The first-order valence-corrected chi connectivity index (χ1v) is 5.23. The van der Waals surface area contributed by atoms with Gasteiger partial charge < -0.3 is 0 Å². The fraction of sp³-hybridized carbons (Fsp3) is 0.300. The molecule has 1 aliphatic carbocycles. The van der Waals surface area contributed by atoms with Crippen molar-refractivity contribution in [3.63, 3.8) is 0 Å². The summed E-state index contributed by atoms with van der Waals surface area (Å²) in [6.07, 6.45) is 1.46. The zero-order chi connectivity index (χ0) is 9.42. The van der Waals surface area contributed by atoms with E-state index < -0.39 is 0 Å². The third kappa shape index (κ3) is 1.75. The van der Waals surface area contributed by atoms with Crippen LogP contribution in [0.2, 0.25) is 0 Å². The SMILES string of the molecule is O=C1CCc2c(F)cc(I)cc2C1. The van der Waals surface area contributed by atoms with E-state index in [0.717, 1.165) is 14.7 Å². The predicted molar refractivity (Wildman–Crippen MR) is 56.1 cm³/mol. The maximum atomic E-state index is 13.3. The summed E-state index contributed by atoms with van der Waals surface area (Å²) in [5.41, 5.74) is 1.61. The van der Waals surface area contributed by atoms with E-state index in [2.05, 4.69) is 22.6 Å². The molecule has 0 N–H and O–H groups in total. The molecule has 1 aliphatic rings. The van der Waals surface area contributed by atoms with E-state index in [0.29, 0.717) is 19.3 Å². The number of halogens is 2. The van der Waals surface area contributed by atoms with Gasteiger partial charge in [0.25, 0.3) is 0 Å². The minimum Gasteiger partial charge on any atom is -0.299 e. The second-order valence-electron chi connectivity index (χ2n) is 3.24. The number of hydrogen-bond acceptors (Lipinski definition) is 1. The first-order valence-electron chi connectivity index (χ1n) is 4.15. The number of hydrogen-bond donors (Lipinski definition) is 0. The molecule has 0 saturated heterocycles. The van der Waals surface area contributed by atoms with Crippen LogP contribution in [0.25, 0.3) is 0 Å². The fourth-order valence-electron chi connectivity index (χ4n) is 1.66. The van der Waals surface area contributed by atoms with Crippen molar-refractivity contribution in [1.82, 2.24) is 0 Å². The Balaban J connectivity index is 2.53. The Kier molecular flexibility index (Phi) is 2.36. The van der Waals surface area contributed by atoms with Crippen molar-refractivity contribution in [3.8, 4) is 0 Å². The van der Waals surface area contributed by atoms with Crippen LogP contribution in [0.4, 0.5) is 4.39 Å². The fourth-order valence-corrected chi connectivity index (χ4v) is 2.31. The zero-order valence-corrected chi connectivity index (χ0v) is 9.10. The Morgan fingerprint density at radius 2 is 2.08 bits per heavy atom. The van der Waals surface area contributed by atoms with Gasteiger partial charge in [0.05, 0.1) is 0 Å². The molecule has 68 valence electrons. The van der Waals surface area contributed by atoms with Gasteiger partial charge >= 0.3 is 0 Å². The largest absolute Gasteiger partial charge is 0.299 e. The van der Waals surface area contributed by atoms with Crippen molar-refractivity contribution in [2.75, 3.05) is 0 Å². The number of Topliss-reactive ketones (excluding diaryl/α,β-unsaturated/α-hetero) is 1. The summed E-state index contributed by atoms with van der Waals surface area (Å²) in [5.74, 6) is 0.0586. The molecule has 0 unspecified atom stereocenters. The minimum absolute atomic E-state index is 0.158. The van der Waals surface area contributed by atoms with Gasteiger partial charge in [0.15, 0.2) is 0 Å².